The van der Waals surface area contributed by atoms with E-state index in [-0.39, 0.29) is 12.5 Å². The van der Waals surface area contributed by atoms with Crippen LogP contribution in [0, 0.1) is 5.92 Å². The fourth-order valence-corrected chi connectivity index (χ4v) is 3.95. The number of carbonyl (C=O) groups excluding carboxylic acids is 2. The second-order valence-electron chi connectivity index (χ2n) is 6.49. The number of primary amides is 1. The largest absolute Gasteiger partial charge is 0.483 e. The molecule has 1 aromatic rings. The van der Waals surface area contributed by atoms with E-state index in [0.29, 0.717) is 23.3 Å². The Kier molecular flexibility index (Phi) is 4.84. The Morgan fingerprint density at radius 1 is 1.13 bits per heavy atom. The first-order valence-electron chi connectivity index (χ1n) is 8.48. The van der Waals surface area contributed by atoms with Gasteiger partial charge in [0.2, 0.25) is 0 Å². The zero-order chi connectivity index (χ0) is 16.2. The topological polar surface area (TPSA) is 72.6 Å². The summed E-state index contributed by atoms with van der Waals surface area (Å²) in [5, 5.41) is 0. The van der Waals surface area contributed by atoms with Gasteiger partial charge < -0.3 is 15.4 Å². The maximum atomic E-state index is 12.6. The van der Waals surface area contributed by atoms with E-state index >= 15 is 0 Å². The van der Waals surface area contributed by atoms with Crippen LogP contribution in [0.25, 0.3) is 0 Å². The molecule has 23 heavy (non-hydrogen) atoms. The van der Waals surface area contributed by atoms with Crippen molar-refractivity contribution < 1.29 is 14.3 Å². The van der Waals surface area contributed by atoms with Crippen molar-refractivity contribution in [2.75, 3.05) is 13.2 Å². The minimum absolute atomic E-state index is 0.0147. The number of benzene rings is 1. The number of nitrogens with zero attached hydrogens (tertiary/aromatic N) is 1. The van der Waals surface area contributed by atoms with Gasteiger partial charge in [0.25, 0.3) is 11.8 Å². The van der Waals surface area contributed by atoms with E-state index in [1.807, 2.05) is 4.90 Å². The molecule has 2 unspecified atom stereocenters. The Morgan fingerprint density at radius 3 is 2.70 bits per heavy atom. The van der Waals surface area contributed by atoms with Crippen molar-refractivity contribution in [3.63, 3.8) is 0 Å². The molecule has 1 aromatic carbocycles. The van der Waals surface area contributed by atoms with Gasteiger partial charge in [-0.05, 0) is 43.7 Å². The Hall–Kier alpha value is -2.04. The number of carbonyl (C=O) groups is 2. The summed E-state index contributed by atoms with van der Waals surface area (Å²) >= 11 is 0. The van der Waals surface area contributed by atoms with Crippen molar-refractivity contribution in [3.05, 3.63) is 29.8 Å². The van der Waals surface area contributed by atoms with Crippen LogP contribution in [0.3, 0.4) is 0 Å². The first kappa shape index (κ1) is 15.8. The van der Waals surface area contributed by atoms with Crippen molar-refractivity contribution in [1.82, 2.24) is 4.90 Å². The zero-order valence-electron chi connectivity index (χ0n) is 13.4. The van der Waals surface area contributed by atoms with E-state index in [1.165, 1.54) is 25.7 Å². The summed E-state index contributed by atoms with van der Waals surface area (Å²) in [4.78, 5) is 26.0. The molecule has 2 N–H and O–H groups in total. The van der Waals surface area contributed by atoms with Gasteiger partial charge in [0.1, 0.15) is 5.75 Å². The summed E-state index contributed by atoms with van der Waals surface area (Å²) in [5.41, 5.74) is 5.65. The highest BCUT2D eigenvalue weighted by atomic mass is 16.5. The molecule has 2 atom stereocenters. The summed E-state index contributed by atoms with van der Waals surface area (Å²) in [6.07, 6.45) is 7.14. The first-order chi connectivity index (χ1) is 11.2. The monoisotopic (exact) mass is 316 g/mol. The van der Waals surface area contributed by atoms with E-state index in [1.54, 1.807) is 24.3 Å². The van der Waals surface area contributed by atoms with Crippen molar-refractivity contribution in [2.24, 2.45) is 11.7 Å². The van der Waals surface area contributed by atoms with E-state index in [2.05, 4.69) is 0 Å². The summed E-state index contributed by atoms with van der Waals surface area (Å²) in [5.74, 6) is 0.504. The van der Waals surface area contributed by atoms with E-state index in [0.717, 1.165) is 19.4 Å². The van der Waals surface area contributed by atoms with Crippen LogP contribution < -0.4 is 10.5 Å². The average Bonchev–Trinajstić information content (AvgIpc) is 2.59. The molecular weight excluding hydrogens is 292 g/mol. The molecule has 2 fully saturated rings. The van der Waals surface area contributed by atoms with Crippen LogP contribution >= 0.6 is 0 Å². The Bertz CT molecular complexity index is 585. The fourth-order valence-electron chi connectivity index (χ4n) is 3.95. The van der Waals surface area contributed by atoms with Gasteiger partial charge in [-0.3, -0.25) is 9.59 Å². The number of nitrogens with two attached hydrogens (primary N) is 1. The molecule has 3 rings (SSSR count). The van der Waals surface area contributed by atoms with Crippen LogP contribution in [0.1, 0.15) is 48.9 Å². The Balaban J connectivity index is 1.64. The van der Waals surface area contributed by atoms with Crippen LogP contribution in [0.5, 0.6) is 5.75 Å². The van der Waals surface area contributed by atoms with Gasteiger partial charge in [0.15, 0.2) is 6.61 Å². The second-order valence-corrected chi connectivity index (χ2v) is 6.49. The Labute approximate surface area is 136 Å². The third-order valence-electron chi connectivity index (χ3n) is 5.07. The van der Waals surface area contributed by atoms with Gasteiger partial charge in [-0.25, -0.2) is 0 Å². The number of piperidine rings is 1. The normalized spacial score (nSPS) is 23.9. The zero-order valence-corrected chi connectivity index (χ0v) is 13.4. The molecule has 1 aliphatic heterocycles. The molecule has 2 amide bonds. The third-order valence-corrected chi connectivity index (χ3v) is 5.07. The molecule has 124 valence electrons. The van der Waals surface area contributed by atoms with Crippen LogP contribution in [-0.4, -0.2) is 35.9 Å². The molecule has 0 radical (unpaired) electrons. The smallest absolute Gasteiger partial charge is 0.260 e. The molecule has 0 aromatic heterocycles. The summed E-state index contributed by atoms with van der Waals surface area (Å²) in [6, 6.07) is 7.16. The minimum atomic E-state index is -0.543. The number of likely N-dealkylation sites (tertiary alicyclic amines) is 1. The predicted molar refractivity (Wildman–Crippen MR) is 87.1 cm³/mol. The fraction of sp³-hybridized carbons (Fsp3) is 0.556. The lowest BCUT2D eigenvalue weighted by atomic mass is 9.78. The van der Waals surface area contributed by atoms with Crippen LogP contribution in [-0.2, 0) is 4.79 Å². The van der Waals surface area contributed by atoms with Crippen molar-refractivity contribution in [1.29, 1.82) is 0 Å². The lowest BCUT2D eigenvalue weighted by molar-refractivity contribution is -0.139. The maximum Gasteiger partial charge on any atom is 0.260 e. The number of ether oxygens (including phenoxy) is 1. The van der Waals surface area contributed by atoms with Gasteiger partial charge in [0, 0.05) is 12.6 Å². The van der Waals surface area contributed by atoms with Crippen molar-refractivity contribution in [2.45, 2.75) is 44.6 Å². The number of amides is 2. The highest BCUT2D eigenvalue weighted by Gasteiger charge is 2.35. The number of hydrogen-bond donors (Lipinski definition) is 1. The molecule has 2 aliphatic rings. The lowest BCUT2D eigenvalue weighted by Crippen LogP contribution is -2.51. The number of fused-ring (bicyclic) bond motifs is 1. The van der Waals surface area contributed by atoms with E-state index < -0.39 is 5.91 Å². The quantitative estimate of drug-likeness (QED) is 0.926. The summed E-state index contributed by atoms with van der Waals surface area (Å²) in [7, 11) is 0. The highest BCUT2D eigenvalue weighted by Crippen LogP contribution is 2.35. The second kappa shape index (κ2) is 7.02. The van der Waals surface area contributed by atoms with Crippen LogP contribution in [0.2, 0.25) is 0 Å². The van der Waals surface area contributed by atoms with Crippen LogP contribution in [0.15, 0.2) is 24.3 Å². The molecule has 1 saturated heterocycles. The van der Waals surface area contributed by atoms with Gasteiger partial charge in [-0.15, -0.1) is 0 Å². The van der Waals surface area contributed by atoms with E-state index in [9.17, 15) is 9.59 Å². The average molecular weight is 316 g/mol. The standard InChI is InChI=1S/C18H24N2O3/c19-18(22)14-8-2-4-10-16(14)23-12-17(21)20-11-5-7-13-6-1-3-9-15(13)20/h2,4,8,10,13,15H,1,3,5-7,9,11-12H2,(H2,19,22). The van der Waals surface area contributed by atoms with Crippen LogP contribution in [0.4, 0.5) is 0 Å². The molecule has 0 spiro atoms. The third kappa shape index (κ3) is 3.49. The molecule has 1 saturated carbocycles. The number of rotatable bonds is 4. The lowest BCUT2D eigenvalue weighted by Gasteiger charge is -2.44. The highest BCUT2D eigenvalue weighted by molar-refractivity contribution is 5.95. The molecular formula is C18H24N2O3. The maximum absolute atomic E-state index is 12.6. The molecule has 1 heterocycles. The SMILES string of the molecule is NC(=O)c1ccccc1OCC(=O)N1CCCC2CCCCC21. The number of para-hydroxylation sites is 1. The Morgan fingerprint density at radius 2 is 1.87 bits per heavy atom. The van der Waals surface area contributed by atoms with Gasteiger partial charge in [-0.1, -0.05) is 25.0 Å². The van der Waals surface area contributed by atoms with Gasteiger partial charge in [0.05, 0.1) is 5.56 Å². The van der Waals surface area contributed by atoms with Gasteiger partial charge >= 0.3 is 0 Å². The molecule has 5 nitrogen and oxygen atoms in total. The predicted octanol–water partition coefficient (Wildman–Crippen LogP) is 2.35. The summed E-state index contributed by atoms with van der Waals surface area (Å²) in [6.45, 7) is 0.786. The number of hydrogen-bond acceptors (Lipinski definition) is 3. The van der Waals surface area contributed by atoms with Crippen molar-refractivity contribution >= 4 is 11.8 Å². The first-order valence-corrected chi connectivity index (χ1v) is 8.48. The van der Waals surface area contributed by atoms with E-state index in [4.69, 9.17) is 10.5 Å². The van der Waals surface area contributed by atoms with Crippen molar-refractivity contribution in [3.8, 4) is 5.75 Å². The molecule has 1 aliphatic carbocycles. The summed E-state index contributed by atoms with van der Waals surface area (Å²) < 4.78 is 5.60. The molecule has 0 bridgehead atoms. The molecule has 5 heteroatoms. The minimum Gasteiger partial charge on any atom is -0.483 e. The van der Waals surface area contributed by atoms with Gasteiger partial charge in [-0.2, -0.15) is 0 Å².